The highest BCUT2D eigenvalue weighted by molar-refractivity contribution is 5.99. The van der Waals surface area contributed by atoms with E-state index in [0.29, 0.717) is 13.2 Å². The number of Topliss-reactive ketones (excluding diaryl/α,β-unsaturated/α-hetero) is 1. The van der Waals surface area contributed by atoms with E-state index in [0.717, 1.165) is 12.3 Å². The maximum atomic E-state index is 12.8. The van der Waals surface area contributed by atoms with Crippen molar-refractivity contribution in [3.05, 3.63) is 29.8 Å². The second-order valence-corrected chi connectivity index (χ2v) is 3.19. The van der Waals surface area contributed by atoms with Gasteiger partial charge in [-0.25, -0.2) is 4.39 Å². The van der Waals surface area contributed by atoms with Crippen molar-refractivity contribution in [3.8, 4) is 0 Å². The number of ketones is 1. The molecule has 2 rings (SSSR count). The molecule has 1 atom stereocenters. The number of pyridine rings is 1. The summed E-state index contributed by atoms with van der Waals surface area (Å²) in [6.07, 6.45) is 1.74. The van der Waals surface area contributed by atoms with Gasteiger partial charge >= 0.3 is 0 Å². The van der Waals surface area contributed by atoms with E-state index in [1.54, 1.807) is 0 Å². The van der Waals surface area contributed by atoms with Crippen molar-refractivity contribution in [2.75, 3.05) is 19.8 Å². The molecule has 15 heavy (non-hydrogen) atoms. The van der Waals surface area contributed by atoms with E-state index in [2.05, 4.69) is 4.98 Å². The lowest BCUT2D eigenvalue weighted by molar-refractivity contribution is -0.0719. The number of hydrogen-bond acceptors (Lipinski definition) is 4. The Morgan fingerprint density at radius 3 is 3.00 bits per heavy atom. The summed E-state index contributed by atoms with van der Waals surface area (Å²) in [6, 6.07) is 1.15. The highest BCUT2D eigenvalue weighted by Crippen LogP contribution is 2.10. The smallest absolute Gasteiger partial charge is 0.195 e. The van der Waals surface area contributed by atoms with Crippen LogP contribution in [0, 0.1) is 5.82 Å². The molecule has 0 bridgehead atoms. The van der Waals surface area contributed by atoms with E-state index in [9.17, 15) is 9.18 Å². The van der Waals surface area contributed by atoms with Crippen LogP contribution in [0.4, 0.5) is 4.39 Å². The summed E-state index contributed by atoms with van der Waals surface area (Å²) in [7, 11) is 0. The average Bonchev–Trinajstić information content (AvgIpc) is 2.29. The van der Waals surface area contributed by atoms with Crippen LogP contribution in [0.1, 0.15) is 10.4 Å². The minimum absolute atomic E-state index is 0.213. The summed E-state index contributed by atoms with van der Waals surface area (Å²) in [5.74, 6) is -0.820. The van der Waals surface area contributed by atoms with Crippen molar-refractivity contribution in [2.45, 2.75) is 6.10 Å². The van der Waals surface area contributed by atoms with Crippen LogP contribution in [0.25, 0.3) is 0 Å². The first-order valence-corrected chi connectivity index (χ1v) is 4.61. The fraction of sp³-hybridized carbons (Fsp3) is 0.400. The molecule has 1 aliphatic rings. The van der Waals surface area contributed by atoms with Crippen LogP contribution < -0.4 is 0 Å². The van der Waals surface area contributed by atoms with Gasteiger partial charge in [-0.3, -0.25) is 9.78 Å². The van der Waals surface area contributed by atoms with E-state index in [-0.39, 0.29) is 18.0 Å². The van der Waals surface area contributed by atoms with Crippen LogP contribution in [0.2, 0.25) is 0 Å². The Hall–Kier alpha value is -1.33. The Morgan fingerprint density at radius 2 is 2.33 bits per heavy atom. The van der Waals surface area contributed by atoms with Crippen molar-refractivity contribution >= 4 is 5.78 Å². The topological polar surface area (TPSA) is 48.4 Å². The molecule has 0 aromatic carbocycles. The van der Waals surface area contributed by atoms with Gasteiger partial charge in [0.05, 0.1) is 26.0 Å². The van der Waals surface area contributed by atoms with Crippen LogP contribution in [0.3, 0.4) is 0 Å². The van der Waals surface area contributed by atoms with Gasteiger partial charge < -0.3 is 9.47 Å². The number of ether oxygens (including phenoxy) is 2. The molecule has 0 amide bonds. The lowest BCUT2D eigenvalue weighted by Crippen LogP contribution is -2.35. The molecular formula is C10H10FNO3. The van der Waals surface area contributed by atoms with E-state index in [1.165, 1.54) is 6.20 Å². The lowest BCUT2D eigenvalue weighted by Gasteiger charge is -2.21. The molecule has 0 N–H and O–H groups in total. The molecule has 1 aliphatic heterocycles. The molecule has 1 aromatic rings. The molecule has 4 nitrogen and oxygen atoms in total. The molecule has 2 heterocycles. The molecule has 0 spiro atoms. The second-order valence-electron chi connectivity index (χ2n) is 3.19. The van der Waals surface area contributed by atoms with Crippen molar-refractivity contribution < 1.29 is 18.7 Å². The number of halogens is 1. The van der Waals surface area contributed by atoms with Crippen LogP contribution in [0.15, 0.2) is 18.5 Å². The van der Waals surface area contributed by atoms with Gasteiger partial charge in [0.2, 0.25) is 0 Å². The SMILES string of the molecule is O=C(c1cncc(F)c1)C1COCCO1. The maximum absolute atomic E-state index is 12.8. The van der Waals surface area contributed by atoms with Gasteiger partial charge in [-0.1, -0.05) is 0 Å². The molecular weight excluding hydrogens is 201 g/mol. The molecule has 80 valence electrons. The van der Waals surface area contributed by atoms with Gasteiger partial charge in [-0.2, -0.15) is 0 Å². The number of carbonyl (C=O) groups is 1. The molecule has 1 fully saturated rings. The average molecular weight is 211 g/mol. The first kappa shape index (κ1) is 10.2. The fourth-order valence-corrected chi connectivity index (χ4v) is 1.37. The molecule has 0 radical (unpaired) electrons. The zero-order valence-electron chi connectivity index (χ0n) is 7.98. The van der Waals surface area contributed by atoms with Gasteiger partial charge in [0.1, 0.15) is 11.9 Å². The molecule has 0 saturated carbocycles. The Morgan fingerprint density at radius 1 is 1.47 bits per heavy atom. The summed E-state index contributed by atoms with van der Waals surface area (Å²) >= 11 is 0. The van der Waals surface area contributed by atoms with Crippen LogP contribution in [0.5, 0.6) is 0 Å². The Bertz CT molecular complexity index is 363. The Labute approximate surface area is 86.0 Å². The van der Waals surface area contributed by atoms with Gasteiger partial charge in [0.15, 0.2) is 5.78 Å². The number of hydrogen-bond donors (Lipinski definition) is 0. The monoisotopic (exact) mass is 211 g/mol. The predicted molar refractivity (Wildman–Crippen MR) is 49.1 cm³/mol. The lowest BCUT2D eigenvalue weighted by atomic mass is 10.1. The van der Waals surface area contributed by atoms with Crippen LogP contribution in [-0.2, 0) is 9.47 Å². The molecule has 1 saturated heterocycles. The number of rotatable bonds is 2. The molecule has 0 aliphatic carbocycles. The van der Waals surface area contributed by atoms with E-state index < -0.39 is 11.9 Å². The van der Waals surface area contributed by atoms with Crippen molar-refractivity contribution in [2.24, 2.45) is 0 Å². The summed E-state index contributed by atoms with van der Waals surface area (Å²) in [5, 5.41) is 0. The highest BCUT2D eigenvalue weighted by Gasteiger charge is 2.24. The van der Waals surface area contributed by atoms with E-state index >= 15 is 0 Å². The number of nitrogens with zero attached hydrogens (tertiary/aromatic N) is 1. The standard InChI is InChI=1S/C10H10FNO3/c11-8-3-7(4-12-5-8)10(13)9-6-14-1-2-15-9/h3-5,9H,1-2,6H2. The third-order valence-corrected chi connectivity index (χ3v) is 2.10. The van der Waals surface area contributed by atoms with Crippen molar-refractivity contribution in [3.63, 3.8) is 0 Å². The third-order valence-electron chi connectivity index (χ3n) is 2.10. The molecule has 1 aromatic heterocycles. The number of carbonyl (C=O) groups excluding carboxylic acids is 1. The summed E-state index contributed by atoms with van der Waals surface area (Å²) in [5.41, 5.74) is 0.213. The van der Waals surface area contributed by atoms with Gasteiger partial charge in [0.25, 0.3) is 0 Å². The Balaban J connectivity index is 2.12. The van der Waals surface area contributed by atoms with Gasteiger partial charge in [0, 0.05) is 11.8 Å². The summed E-state index contributed by atoms with van der Waals surface area (Å²) in [6.45, 7) is 1.10. The maximum Gasteiger partial charge on any atom is 0.195 e. The fourth-order valence-electron chi connectivity index (χ4n) is 1.37. The molecule has 1 unspecified atom stereocenters. The van der Waals surface area contributed by atoms with Crippen molar-refractivity contribution in [1.29, 1.82) is 0 Å². The largest absolute Gasteiger partial charge is 0.376 e. The third kappa shape index (κ3) is 2.37. The quantitative estimate of drug-likeness (QED) is 0.679. The van der Waals surface area contributed by atoms with Gasteiger partial charge in [-0.15, -0.1) is 0 Å². The van der Waals surface area contributed by atoms with Crippen LogP contribution >= 0.6 is 0 Å². The zero-order valence-corrected chi connectivity index (χ0v) is 7.98. The molecule has 5 heteroatoms. The minimum Gasteiger partial charge on any atom is -0.376 e. The van der Waals surface area contributed by atoms with E-state index in [1.807, 2.05) is 0 Å². The normalized spacial score (nSPS) is 21.3. The zero-order chi connectivity index (χ0) is 10.7. The number of aromatic nitrogens is 1. The second kappa shape index (κ2) is 4.46. The van der Waals surface area contributed by atoms with Crippen LogP contribution in [-0.4, -0.2) is 36.7 Å². The van der Waals surface area contributed by atoms with Crippen molar-refractivity contribution in [1.82, 2.24) is 4.98 Å². The first-order valence-electron chi connectivity index (χ1n) is 4.61. The summed E-state index contributed by atoms with van der Waals surface area (Å²) < 4.78 is 23.1. The Kier molecular flexibility index (Phi) is 3.03. The highest BCUT2D eigenvalue weighted by atomic mass is 19.1. The minimum atomic E-state index is -0.637. The van der Waals surface area contributed by atoms with E-state index in [4.69, 9.17) is 9.47 Å². The van der Waals surface area contributed by atoms with Gasteiger partial charge in [-0.05, 0) is 6.07 Å². The summed E-state index contributed by atoms with van der Waals surface area (Å²) in [4.78, 5) is 15.3. The first-order chi connectivity index (χ1) is 7.27. The predicted octanol–water partition coefficient (Wildman–Crippen LogP) is 0.819.